The van der Waals surface area contributed by atoms with Gasteiger partial charge in [-0.1, -0.05) is 11.8 Å². The van der Waals surface area contributed by atoms with Crippen molar-refractivity contribution < 1.29 is 0 Å². The van der Waals surface area contributed by atoms with E-state index in [1.165, 1.54) is 6.20 Å². The summed E-state index contributed by atoms with van der Waals surface area (Å²) in [4.78, 5) is 14.9. The number of fused-ring (bicyclic) bond motifs is 1. The molecule has 150 valence electrons. The molecule has 4 heterocycles. The summed E-state index contributed by atoms with van der Waals surface area (Å²) >= 11 is 1.58. The van der Waals surface area contributed by atoms with Crippen molar-refractivity contribution in [3.8, 4) is 28.5 Å². The van der Waals surface area contributed by atoms with E-state index in [2.05, 4.69) is 54.0 Å². The molecule has 4 aromatic rings. The van der Waals surface area contributed by atoms with E-state index in [9.17, 15) is 0 Å². The van der Waals surface area contributed by atoms with Gasteiger partial charge in [0, 0.05) is 35.9 Å². The van der Waals surface area contributed by atoms with Crippen LogP contribution < -0.4 is 5.32 Å². The van der Waals surface area contributed by atoms with Crippen LogP contribution in [0.3, 0.4) is 0 Å². The third kappa shape index (κ3) is 4.60. The molecule has 0 amide bonds. The van der Waals surface area contributed by atoms with E-state index < -0.39 is 0 Å². The molecule has 30 heavy (non-hydrogen) atoms. The quantitative estimate of drug-likeness (QED) is 0.460. The molecule has 8 heteroatoms. The molecule has 0 unspecified atom stereocenters. The average Bonchev–Trinajstić information content (AvgIpc) is 3.30. The second-order valence-electron chi connectivity index (χ2n) is 7.48. The number of nitrogens with one attached hydrogen (secondary N) is 1. The molecule has 0 saturated carbocycles. The highest BCUT2D eigenvalue weighted by molar-refractivity contribution is 7.16. The molecule has 0 spiro atoms. The monoisotopic (exact) mass is 434 g/mol. The summed E-state index contributed by atoms with van der Waals surface area (Å²) in [6.45, 7) is 6.35. The Kier molecular flexibility index (Phi) is 6.07. The van der Waals surface area contributed by atoms with Gasteiger partial charge in [-0.25, -0.2) is 4.98 Å². The first-order valence-corrected chi connectivity index (χ1v) is 9.82. The molecular formula is C22H19ClN6S. The van der Waals surface area contributed by atoms with Crippen LogP contribution in [0, 0.1) is 23.2 Å². The Labute approximate surface area is 185 Å². The molecule has 0 aliphatic carbocycles. The number of pyridine rings is 1. The predicted molar refractivity (Wildman–Crippen MR) is 122 cm³/mol. The number of nitriles is 1. The van der Waals surface area contributed by atoms with E-state index in [-0.39, 0.29) is 17.9 Å². The SMILES string of the molecule is CC(C)(C)Nc1c(-c2ccc(C#Cc3cncc(C#N)c3)s2)nc2cnccn12.Cl. The van der Waals surface area contributed by atoms with Crippen LogP contribution in [0.25, 0.3) is 16.2 Å². The highest BCUT2D eigenvalue weighted by Crippen LogP contribution is 2.34. The number of halogens is 1. The van der Waals surface area contributed by atoms with Gasteiger partial charge < -0.3 is 5.32 Å². The zero-order valence-corrected chi connectivity index (χ0v) is 18.3. The van der Waals surface area contributed by atoms with E-state index in [0.29, 0.717) is 11.1 Å². The molecular weight excluding hydrogens is 416 g/mol. The van der Waals surface area contributed by atoms with Crippen LogP contribution in [0.1, 0.15) is 36.8 Å². The minimum Gasteiger partial charge on any atom is -0.365 e. The van der Waals surface area contributed by atoms with E-state index in [1.807, 2.05) is 22.7 Å². The number of aromatic nitrogens is 4. The van der Waals surface area contributed by atoms with Gasteiger partial charge in [0.25, 0.3) is 0 Å². The maximum absolute atomic E-state index is 8.99. The van der Waals surface area contributed by atoms with Crippen molar-refractivity contribution in [1.29, 1.82) is 5.26 Å². The number of imidazole rings is 1. The van der Waals surface area contributed by atoms with E-state index in [0.717, 1.165) is 26.9 Å². The van der Waals surface area contributed by atoms with E-state index in [1.54, 1.807) is 36.0 Å². The summed E-state index contributed by atoms with van der Waals surface area (Å²) in [6, 6.07) is 7.82. The first-order chi connectivity index (χ1) is 13.9. The smallest absolute Gasteiger partial charge is 0.157 e. The number of nitrogens with zero attached hydrogens (tertiary/aromatic N) is 5. The van der Waals surface area contributed by atoms with Crippen molar-refractivity contribution in [2.45, 2.75) is 26.3 Å². The highest BCUT2D eigenvalue weighted by Gasteiger charge is 2.20. The van der Waals surface area contributed by atoms with E-state index >= 15 is 0 Å². The van der Waals surface area contributed by atoms with Gasteiger partial charge in [-0.2, -0.15) is 5.26 Å². The second-order valence-corrected chi connectivity index (χ2v) is 8.56. The highest BCUT2D eigenvalue weighted by atomic mass is 35.5. The lowest BCUT2D eigenvalue weighted by Crippen LogP contribution is -2.27. The molecule has 0 aliphatic rings. The molecule has 6 nitrogen and oxygen atoms in total. The van der Waals surface area contributed by atoms with Gasteiger partial charge in [0.2, 0.25) is 0 Å². The number of rotatable bonds is 2. The normalized spacial score (nSPS) is 10.6. The maximum Gasteiger partial charge on any atom is 0.157 e. The van der Waals surface area contributed by atoms with Crippen molar-refractivity contribution >= 4 is 35.2 Å². The second kappa shape index (κ2) is 8.54. The molecule has 0 atom stereocenters. The van der Waals surface area contributed by atoms with Crippen LogP contribution in [0.5, 0.6) is 0 Å². The van der Waals surface area contributed by atoms with Gasteiger partial charge in [0.05, 0.1) is 21.5 Å². The lowest BCUT2D eigenvalue weighted by Gasteiger charge is -2.22. The van der Waals surface area contributed by atoms with Crippen molar-refractivity contribution in [1.82, 2.24) is 19.4 Å². The van der Waals surface area contributed by atoms with Gasteiger partial charge >= 0.3 is 0 Å². The molecule has 0 saturated heterocycles. The number of hydrogen-bond acceptors (Lipinski definition) is 6. The number of anilines is 1. The molecule has 0 fully saturated rings. The summed E-state index contributed by atoms with van der Waals surface area (Å²) in [6.07, 6.45) is 8.59. The van der Waals surface area contributed by atoms with Crippen molar-refractivity contribution in [2.24, 2.45) is 0 Å². The van der Waals surface area contributed by atoms with Crippen LogP contribution in [-0.2, 0) is 0 Å². The summed E-state index contributed by atoms with van der Waals surface area (Å²) in [5.74, 6) is 7.16. The summed E-state index contributed by atoms with van der Waals surface area (Å²) < 4.78 is 2.01. The Balaban J connectivity index is 0.00000256. The molecule has 0 bridgehead atoms. The third-order valence-corrected chi connectivity index (χ3v) is 4.97. The molecule has 1 N–H and O–H groups in total. The van der Waals surface area contributed by atoms with Gasteiger partial charge in [-0.15, -0.1) is 23.7 Å². The summed E-state index contributed by atoms with van der Waals surface area (Å²) in [7, 11) is 0. The fourth-order valence-electron chi connectivity index (χ4n) is 2.79. The first kappa shape index (κ1) is 21.3. The summed E-state index contributed by atoms with van der Waals surface area (Å²) in [5.41, 5.74) is 2.76. The lowest BCUT2D eigenvalue weighted by molar-refractivity contribution is 0.629. The van der Waals surface area contributed by atoms with Crippen LogP contribution in [-0.4, -0.2) is 24.9 Å². The van der Waals surface area contributed by atoms with Crippen LogP contribution >= 0.6 is 23.7 Å². The maximum atomic E-state index is 8.99. The first-order valence-electron chi connectivity index (χ1n) is 9.00. The Morgan fingerprint density at radius 2 is 1.87 bits per heavy atom. The fourth-order valence-corrected chi connectivity index (χ4v) is 3.64. The molecule has 0 aliphatic heterocycles. The average molecular weight is 435 g/mol. The van der Waals surface area contributed by atoms with Crippen LogP contribution in [0.15, 0.2) is 49.2 Å². The zero-order valence-electron chi connectivity index (χ0n) is 16.7. The van der Waals surface area contributed by atoms with E-state index in [4.69, 9.17) is 10.2 Å². The lowest BCUT2D eigenvalue weighted by atomic mass is 10.1. The van der Waals surface area contributed by atoms with Crippen molar-refractivity contribution in [2.75, 3.05) is 5.32 Å². The van der Waals surface area contributed by atoms with Crippen LogP contribution in [0.4, 0.5) is 5.82 Å². The van der Waals surface area contributed by atoms with Crippen LogP contribution in [0.2, 0.25) is 0 Å². The minimum absolute atomic E-state index is 0. The van der Waals surface area contributed by atoms with Gasteiger partial charge in [0.1, 0.15) is 17.6 Å². The van der Waals surface area contributed by atoms with Gasteiger partial charge in [0.15, 0.2) is 5.65 Å². The Morgan fingerprint density at radius 3 is 2.63 bits per heavy atom. The van der Waals surface area contributed by atoms with Crippen molar-refractivity contribution in [3.05, 3.63) is 65.2 Å². The Hall–Kier alpha value is -3.39. The third-order valence-electron chi connectivity index (χ3n) is 3.96. The number of hydrogen-bond donors (Lipinski definition) is 1. The number of thiophene rings is 1. The largest absolute Gasteiger partial charge is 0.365 e. The molecule has 0 aromatic carbocycles. The Bertz CT molecular complexity index is 1300. The van der Waals surface area contributed by atoms with Gasteiger partial charge in [-0.3, -0.25) is 14.4 Å². The Morgan fingerprint density at radius 1 is 1.07 bits per heavy atom. The topological polar surface area (TPSA) is 78.9 Å². The van der Waals surface area contributed by atoms with Gasteiger partial charge in [-0.05, 0) is 39.0 Å². The predicted octanol–water partition coefficient (Wildman–Crippen LogP) is 4.76. The summed E-state index contributed by atoms with van der Waals surface area (Å²) in [5, 5.41) is 12.5. The standard InChI is InChI=1S/C22H18N6S.ClH/c1-22(2,3)27-21-20(26-19-14-24-8-9-28(19)21)18-7-6-17(29-18)5-4-15-10-16(11-23)13-25-12-15;/h6-10,12-14,27H,1-3H3;1H. The fraction of sp³-hybridized carbons (Fsp3) is 0.182. The van der Waals surface area contributed by atoms with Crippen molar-refractivity contribution in [3.63, 3.8) is 0 Å². The molecule has 4 rings (SSSR count). The zero-order chi connectivity index (χ0) is 20.4. The minimum atomic E-state index is -0.118. The molecule has 4 aromatic heterocycles. The molecule has 0 radical (unpaired) electrons.